The van der Waals surface area contributed by atoms with Gasteiger partial charge in [-0.25, -0.2) is 9.37 Å². The van der Waals surface area contributed by atoms with Crippen LogP contribution in [0.15, 0.2) is 36.5 Å². The number of hydrogen-bond donors (Lipinski definition) is 4. The second kappa shape index (κ2) is 24.1. The standard InChI is InChI=1S/C49H63F3N10O10/c1-59-40-28-54-48(58-43(40)62(32-6-3-4-7-32)30-49(51,52)47(59)67)56-38-27-36(50)34(26-41(38)68-2)44(64)55-31-12-15-60(16-13-31)17-19-70-21-23-72-25-24-71-22-20-69-18-14-53-37-9-5-8-33-35(37)29-61(46(33)66)39-10-11-42(63)57-45(39)65/h5,8-9,26-28,31-32,39,53H,3-4,6-7,10-25,29-30H2,1-2H3,(H,55,64)(H,54,56,58)(H,57,63,65). The normalized spacial score (nSPS) is 19.6. The number of methoxy groups -OCH3 is 1. The van der Waals surface area contributed by atoms with Crippen LogP contribution in [0.2, 0.25) is 0 Å². The van der Waals surface area contributed by atoms with Gasteiger partial charge in [0.2, 0.25) is 17.8 Å². The van der Waals surface area contributed by atoms with Crippen LogP contribution in [-0.2, 0) is 39.9 Å². The number of halogens is 3. The number of hydrogen-bond acceptors (Lipinski definition) is 16. The van der Waals surface area contributed by atoms with E-state index in [0.29, 0.717) is 110 Å². The molecule has 0 spiro atoms. The number of benzene rings is 2. The highest BCUT2D eigenvalue weighted by atomic mass is 19.3. The smallest absolute Gasteiger partial charge is 0.342 e. The molecular formula is C49H63F3N10O10. The predicted octanol–water partition coefficient (Wildman–Crippen LogP) is 3.86. The Bertz CT molecular complexity index is 2440. The Morgan fingerprint density at radius 1 is 0.875 bits per heavy atom. The highest BCUT2D eigenvalue weighted by Crippen LogP contribution is 2.40. The summed E-state index contributed by atoms with van der Waals surface area (Å²) in [6, 6.07) is 6.78. The number of amides is 5. The first-order valence-corrected chi connectivity index (χ1v) is 24.6. The summed E-state index contributed by atoms with van der Waals surface area (Å²) in [7, 11) is 2.64. The summed E-state index contributed by atoms with van der Waals surface area (Å²) in [5.74, 6) is -7.05. The van der Waals surface area contributed by atoms with Gasteiger partial charge in [0.1, 0.15) is 23.3 Å². The maximum Gasteiger partial charge on any atom is 0.342 e. The average Bonchev–Trinajstić information content (AvgIpc) is 4.02. The fourth-order valence-electron chi connectivity index (χ4n) is 9.75. The third-order valence-electron chi connectivity index (χ3n) is 13.7. The highest BCUT2D eigenvalue weighted by Gasteiger charge is 2.49. The second-order valence-electron chi connectivity index (χ2n) is 18.4. The molecule has 4 N–H and O–H groups in total. The number of aromatic nitrogens is 2. The minimum absolute atomic E-state index is 0.0221. The molecule has 23 heteroatoms. The fourth-order valence-corrected chi connectivity index (χ4v) is 9.75. The van der Waals surface area contributed by atoms with Crippen LogP contribution in [0.3, 0.4) is 0 Å². The van der Waals surface area contributed by atoms with Gasteiger partial charge in [-0.15, -0.1) is 0 Å². The Labute approximate surface area is 415 Å². The molecule has 20 nitrogen and oxygen atoms in total. The van der Waals surface area contributed by atoms with Gasteiger partial charge in [-0.05, 0) is 50.3 Å². The Balaban J connectivity index is 0.667. The molecule has 390 valence electrons. The summed E-state index contributed by atoms with van der Waals surface area (Å²) in [4.78, 5) is 77.9. The molecule has 1 saturated carbocycles. The number of rotatable bonds is 23. The first-order chi connectivity index (χ1) is 34.8. The Hall–Kier alpha value is -6.14. The molecule has 1 atom stereocenters. The molecule has 5 amide bonds. The molecule has 1 aliphatic carbocycles. The summed E-state index contributed by atoms with van der Waals surface area (Å²) in [6.07, 6.45) is 6.26. The van der Waals surface area contributed by atoms with Crippen LogP contribution in [0, 0.1) is 5.82 Å². The van der Waals surface area contributed by atoms with Crippen molar-refractivity contribution >= 4 is 58.4 Å². The van der Waals surface area contributed by atoms with Crippen LogP contribution in [0.1, 0.15) is 77.6 Å². The quantitative estimate of drug-likeness (QED) is 0.0784. The lowest BCUT2D eigenvalue weighted by Gasteiger charge is -2.32. The lowest BCUT2D eigenvalue weighted by molar-refractivity contribution is -0.140. The van der Waals surface area contributed by atoms with E-state index in [0.717, 1.165) is 48.1 Å². The zero-order valence-corrected chi connectivity index (χ0v) is 40.7. The van der Waals surface area contributed by atoms with Crippen molar-refractivity contribution in [3.63, 3.8) is 0 Å². The van der Waals surface area contributed by atoms with Crippen molar-refractivity contribution in [1.82, 2.24) is 30.4 Å². The number of likely N-dealkylation sites (tertiary alicyclic amines) is 1. The number of anilines is 5. The molecule has 5 aliphatic rings. The number of nitrogens with one attached hydrogen (secondary N) is 4. The van der Waals surface area contributed by atoms with Gasteiger partial charge < -0.3 is 59.2 Å². The van der Waals surface area contributed by atoms with E-state index in [2.05, 4.69) is 36.1 Å². The lowest BCUT2D eigenvalue weighted by atomic mass is 10.0. The van der Waals surface area contributed by atoms with Crippen molar-refractivity contribution in [2.24, 2.45) is 0 Å². The van der Waals surface area contributed by atoms with Crippen molar-refractivity contribution in [2.45, 2.75) is 82.0 Å². The molecule has 2 saturated heterocycles. The van der Waals surface area contributed by atoms with Gasteiger partial charge >= 0.3 is 5.92 Å². The number of fused-ring (bicyclic) bond motifs is 2. The van der Waals surface area contributed by atoms with E-state index in [4.69, 9.17) is 23.7 Å². The van der Waals surface area contributed by atoms with Gasteiger partial charge in [-0.2, -0.15) is 13.8 Å². The fraction of sp³-hybridized carbons (Fsp3) is 0.571. The van der Waals surface area contributed by atoms with Crippen LogP contribution in [-0.4, -0.2) is 173 Å². The first-order valence-electron chi connectivity index (χ1n) is 24.6. The molecule has 72 heavy (non-hydrogen) atoms. The van der Waals surface area contributed by atoms with Crippen LogP contribution < -0.4 is 35.8 Å². The van der Waals surface area contributed by atoms with Crippen molar-refractivity contribution in [3.8, 4) is 5.75 Å². The Morgan fingerprint density at radius 3 is 2.26 bits per heavy atom. The number of carbonyl (C=O) groups excluding carboxylic acids is 5. The van der Waals surface area contributed by atoms with Gasteiger partial charge in [-0.3, -0.25) is 29.3 Å². The molecule has 3 aromatic rings. The maximum absolute atomic E-state index is 15.6. The Kier molecular flexibility index (Phi) is 17.4. The zero-order chi connectivity index (χ0) is 50.8. The molecule has 3 fully saturated rings. The number of alkyl halides is 2. The van der Waals surface area contributed by atoms with Crippen LogP contribution in [0.25, 0.3) is 0 Å². The summed E-state index contributed by atoms with van der Waals surface area (Å²) in [6.45, 7) is 5.56. The number of imide groups is 1. The third kappa shape index (κ3) is 12.5. The van der Waals surface area contributed by atoms with Gasteiger partial charge in [0.15, 0.2) is 5.82 Å². The molecule has 4 aliphatic heterocycles. The highest BCUT2D eigenvalue weighted by molar-refractivity contribution is 6.06. The van der Waals surface area contributed by atoms with E-state index in [9.17, 15) is 24.0 Å². The minimum Gasteiger partial charge on any atom is -0.495 e. The van der Waals surface area contributed by atoms with Crippen molar-refractivity contribution in [1.29, 1.82) is 0 Å². The van der Waals surface area contributed by atoms with E-state index in [-0.39, 0.29) is 64.8 Å². The monoisotopic (exact) mass is 1010 g/mol. The second-order valence-corrected chi connectivity index (χ2v) is 18.4. The molecule has 1 unspecified atom stereocenters. The summed E-state index contributed by atoms with van der Waals surface area (Å²) < 4.78 is 73.9. The number of ether oxygens (including phenoxy) is 5. The maximum atomic E-state index is 15.6. The molecule has 0 radical (unpaired) electrons. The van der Waals surface area contributed by atoms with Crippen molar-refractivity contribution < 1.29 is 60.8 Å². The molecular weight excluding hydrogens is 946 g/mol. The van der Waals surface area contributed by atoms with E-state index in [1.54, 1.807) is 12.1 Å². The molecule has 8 rings (SSSR count). The summed E-state index contributed by atoms with van der Waals surface area (Å²) >= 11 is 0. The Morgan fingerprint density at radius 2 is 1.57 bits per heavy atom. The van der Waals surface area contributed by atoms with E-state index in [1.807, 2.05) is 6.07 Å². The topological polar surface area (TPSA) is 218 Å². The molecule has 0 bridgehead atoms. The molecule has 5 heterocycles. The summed E-state index contributed by atoms with van der Waals surface area (Å²) in [5, 5.41) is 11.5. The van der Waals surface area contributed by atoms with Crippen LogP contribution in [0.4, 0.5) is 42.0 Å². The average molecular weight is 1010 g/mol. The van der Waals surface area contributed by atoms with Crippen molar-refractivity contribution in [3.05, 3.63) is 59.0 Å². The van der Waals surface area contributed by atoms with Crippen molar-refractivity contribution in [2.75, 3.05) is 120 Å². The number of carbonyl (C=O) groups is 5. The van der Waals surface area contributed by atoms with Gasteiger partial charge in [0.05, 0.1) is 84.0 Å². The van der Waals surface area contributed by atoms with Gasteiger partial charge in [0.25, 0.3) is 17.7 Å². The van der Waals surface area contributed by atoms with Crippen LogP contribution >= 0.6 is 0 Å². The molecule has 2 aromatic carbocycles. The summed E-state index contributed by atoms with van der Waals surface area (Å²) in [5.41, 5.74) is 2.24. The number of nitrogens with zero attached hydrogens (tertiary/aromatic N) is 6. The SMILES string of the molecule is COc1cc(C(=O)NC2CCN(CCOCCOCCOCCOCCNc3cccc4c3CN(C3CCC(=O)NC3=O)C4=O)CC2)c(F)cc1Nc1ncc2c(n1)N(C1CCCC1)CC(F)(F)C(=O)N2C. The van der Waals surface area contributed by atoms with E-state index < -0.39 is 42.0 Å². The van der Waals surface area contributed by atoms with Gasteiger partial charge in [-0.1, -0.05) is 18.9 Å². The van der Waals surface area contributed by atoms with E-state index >= 15 is 13.2 Å². The number of piperidine rings is 2. The third-order valence-corrected chi connectivity index (χ3v) is 13.7. The van der Waals surface area contributed by atoms with E-state index in [1.165, 1.54) is 36.2 Å². The zero-order valence-electron chi connectivity index (χ0n) is 40.7. The van der Waals surface area contributed by atoms with Gasteiger partial charge in [0, 0.05) is 81.2 Å². The lowest BCUT2D eigenvalue weighted by Crippen LogP contribution is -2.52. The predicted molar refractivity (Wildman–Crippen MR) is 257 cm³/mol. The largest absolute Gasteiger partial charge is 0.495 e. The minimum atomic E-state index is -3.63. The first kappa shape index (κ1) is 52.2. The van der Waals surface area contributed by atoms with Crippen LogP contribution in [0.5, 0.6) is 5.75 Å². The molecule has 1 aromatic heterocycles.